The Labute approximate surface area is 111 Å². The van der Waals surface area contributed by atoms with Crippen molar-refractivity contribution in [1.82, 2.24) is 4.90 Å². The van der Waals surface area contributed by atoms with Gasteiger partial charge in [0, 0.05) is 12.6 Å². The predicted molar refractivity (Wildman–Crippen MR) is 75.7 cm³/mol. The Morgan fingerprint density at radius 3 is 2.44 bits per heavy atom. The summed E-state index contributed by atoms with van der Waals surface area (Å²) in [6, 6.07) is 9.30. The minimum atomic E-state index is 0.222. The molecule has 0 saturated carbocycles. The molecule has 2 nitrogen and oxygen atoms in total. The highest BCUT2D eigenvalue weighted by Gasteiger charge is 2.23. The highest BCUT2D eigenvalue weighted by atomic mass is 16.3. The van der Waals surface area contributed by atoms with E-state index in [1.54, 1.807) is 0 Å². The molecule has 2 heteroatoms. The van der Waals surface area contributed by atoms with Crippen molar-refractivity contribution in [3.05, 3.63) is 35.4 Å². The first-order chi connectivity index (χ1) is 8.50. The molecule has 0 radical (unpaired) electrons. The van der Waals surface area contributed by atoms with Crippen molar-refractivity contribution < 1.29 is 5.11 Å². The second-order valence-electron chi connectivity index (χ2n) is 6.40. The Morgan fingerprint density at radius 1 is 1.22 bits per heavy atom. The molecule has 1 aliphatic rings. The molecule has 1 unspecified atom stereocenters. The number of hydrogen-bond acceptors (Lipinski definition) is 2. The average Bonchev–Trinajstić information content (AvgIpc) is 2.76. The van der Waals surface area contributed by atoms with Gasteiger partial charge < -0.3 is 5.11 Å². The maximum atomic E-state index is 9.32. The van der Waals surface area contributed by atoms with Crippen molar-refractivity contribution in [2.75, 3.05) is 13.2 Å². The number of hydrogen-bond donors (Lipinski definition) is 1. The normalized spacial score (nSPS) is 21.4. The van der Waals surface area contributed by atoms with Crippen molar-refractivity contribution in [1.29, 1.82) is 0 Å². The molecule has 1 fully saturated rings. The van der Waals surface area contributed by atoms with Gasteiger partial charge in [-0.15, -0.1) is 0 Å². The average molecular weight is 247 g/mol. The molecule has 18 heavy (non-hydrogen) atoms. The van der Waals surface area contributed by atoms with E-state index in [1.807, 2.05) is 0 Å². The van der Waals surface area contributed by atoms with E-state index in [2.05, 4.69) is 49.9 Å². The lowest BCUT2D eigenvalue weighted by atomic mass is 9.87. The molecule has 100 valence electrons. The number of nitrogens with zero attached hydrogens (tertiary/aromatic N) is 1. The van der Waals surface area contributed by atoms with Crippen LogP contribution < -0.4 is 0 Å². The molecule has 1 aliphatic heterocycles. The quantitative estimate of drug-likeness (QED) is 0.887. The Balaban J connectivity index is 2.02. The summed E-state index contributed by atoms with van der Waals surface area (Å²) in [7, 11) is 0. The summed E-state index contributed by atoms with van der Waals surface area (Å²) in [4.78, 5) is 2.39. The van der Waals surface area contributed by atoms with Crippen molar-refractivity contribution in [3.8, 4) is 0 Å². The van der Waals surface area contributed by atoms with E-state index in [9.17, 15) is 5.11 Å². The van der Waals surface area contributed by atoms with Crippen molar-refractivity contribution in [2.45, 2.75) is 51.6 Å². The Morgan fingerprint density at radius 2 is 1.89 bits per heavy atom. The molecule has 1 atom stereocenters. The summed E-state index contributed by atoms with van der Waals surface area (Å²) < 4.78 is 0. The minimum absolute atomic E-state index is 0.222. The molecular weight excluding hydrogens is 222 g/mol. The number of likely N-dealkylation sites (tertiary alicyclic amines) is 1. The van der Waals surface area contributed by atoms with E-state index in [0.29, 0.717) is 12.6 Å². The van der Waals surface area contributed by atoms with Gasteiger partial charge in [0.2, 0.25) is 0 Å². The molecule has 1 aromatic rings. The number of aliphatic hydroxyl groups excluding tert-OH is 1. The van der Waals surface area contributed by atoms with Crippen LogP contribution in [-0.4, -0.2) is 29.2 Å². The monoisotopic (exact) mass is 247 g/mol. The standard InChI is InChI=1S/C16H25NO/c1-16(2,3)14-8-6-13(7-9-14)11-17-10-4-5-15(17)12-18/h6-9,15,18H,4-5,10-12H2,1-3H3. The maximum Gasteiger partial charge on any atom is 0.0587 e. The SMILES string of the molecule is CC(C)(C)c1ccc(CN2CCCC2CO)cc1. The molecule has 1 N–H and O–H groups in total. The lowest BCUT2D eigenvalue weighted by Gasteiger charge is -2.23. The third-order valence-electron chi connectivity index (χ3n) is 3.92. The van der Waals surface area contributed by atoms with Gasteiger partial charge in [-0.2, -0.15) is 0 Å². The molecule has 0 spiro atoms. The van der Waals surface area contributed by atoms with Crippen LogP contribution in [0.15, 0.2) is 24.3 Å². The van der Waals surface area contributed by atoms with Crippen molar-refractivity contribution in [2.24, 2.45) is 0 Å². The second kappa shape index (κ2) is 5.41. The van der Waals surface area contributed by atoms with E-state index < -0.39 is 0 Å². The van der Waals surface area contributed by atoms with Crippen LogP contribution in [0.2, 0.25) is 0 Å². The highest BCUT2D eigenvalue weighted by molar-refractivity contribution is 5.27. The van der Waals surface area contributed by atoms with Gasteiger partial charge in [-0.25, -0.2) is 0 Å². The fraction of sp³-hybridized carbons (Fsp3) is 0.625. The van der Waals surface area contributed by atoms with E-state index in [4.69, 9.17) is 0 Å². The van der Waals surface area contributed by atoms with Crippen LogP contribution in [0.4, 0.5) is 0 Å². The molecule has 1 saturated heterocycles. The fourth-order valence-electron chi connectivity index (χ4n) is 2.65. The number of benzene rings is 1. The minimum Gasteiger partial charge on any atom is -0.395 e. The summed E-state index contributed by atoms with van der Waals surface area (Å²) in [6.45, 7) is 9.10. The molecule has 0 aliphatic carbocycles. The van der Waals surface area contributed by atoms with Crippen LogP contribution in [0, 0.1) is 0 Å². The van der Waals surface area contributed by atoms with E-state index in [1.165, 1.54) is 17.5 Å². The zero-order valence-corrected chi connectivity index (χ0v) is 11.8. The maximum absolute atomic E-state index is 9.32. The highest BCUT2D eigenvalue weighted by Crippen LogP contribution is 2.24. The third kappa shape index (κ3) is 3.12. The number of aliphatic hydroxyl groups is 1. The molecule has 0 amide bonds. The molecular formula is C16H25NO. The van der Waals surface area contributed by atoms with Gasteiger partial charge in [0.15, 0.2) is 0 Å². The van der Waals surface area contributed by atoms with Gasteiger partial charge in [0.05, 0.1) is 6.61 Å². The second-order valence-corrected chi connectivity index (χ2v) is 6.40. The van der Waals surface area contributed by atoms with Crippen LogP contribution in [0.25, 0.3) is 0 Å². The molecule has 2 rings (SSSR count). The van der Waals surface area contributed by atoms with Gasteiger partial charge in [0.25, 0.3) is 0 Å². The lowest BCUT2D eigenvalue weighted by Crippen LogP contribution is -2.31. The van der Waals surface area contributed by atoms with Crippen LogP contribution in [0.1, 0.15) is 44.7 Å². The van der Waals surface area contributed by atoms with Crippen LogP contribution in [0.5, 0.6) is 0 Å². The van der Waals surface area contributed by atoms with E-state index in [-0.39, 0.29) is 5.41 Å². The predicted octanol–water partition coefficient (Wildman–Crippen LogP) is 2.94. The molecule has 0 bridgehead atoms. The Hall–Kier alpha value is -0.860. The van der Waals surface area contributed by atoms with Gasteiger partial charge in [-0.1, -0.05) is 45.0 Å². The van der Waals surface area contributed by atoms with Gasteiger partial charge in [-0.05, 0) is 35.9 Å². The molecule has 1 heterocycles. The van der Waals surface area contributed by atoms with E-state index >= 15 is 0 Å². The van der Waals surface area contributed by atoms with Gasteiger partial charge in [-0.3, -0.25) is 4.90 Å². The smallest absolute Gasteiger partial charge is 0.0587 e. The summed E-state index contributed by atoms with van der Waals surface area (Å²) >= 11 is 0. The van der Waals surface area contributed by atoms with Gasteiger partial charge in [0.1, 0.15) is 0 Å². The van der Waals surface area contributed by atoms with Crippen LogP contribution >= 0.6 is 0 Å². The summed E-state index contributed by atoms with van der Waals surface area (Å²) in [5, 5.41) is 9.32. The van der Waals surface area contributed by atoms with Gasteiger partial charge >= 0.3 is 0 Å². The topological polar surface area (TPSA) is 23.5 Å². The zero-order valence-electron chi connectivity index (χ0n) is 11.8. The Kier molecular flexibility index (Phi) is 4.08. The summed E-state index contributed by atoms with van der Waals surface area (Å²) in [6.07, 6.45) is 2.35. The third-order valence-corrected chi connectivity index (χ3v) is 3.92. The fourth-order valence-corrected chi connectivity index (χ4v) is 2.65. The summed E-state index contributed by atoms with van der Waals surface area (Å²) in [5.41, 5.74) is 2.95. The van der Waals surface area contributed by atoms with E-state index in [0.717, 1.165) is 19.5 Å². The molecule has 0 aromatic heterocycles. The summed E-state index contributed by atoms with van der Waals surface area (Å²) in [5.74, 6) is 0. The van der Waals surface area contributed by atoms with Crippen molar-refractivity contribution in [3.63, 3.8) is 0 Å². The first-order valence-electron chi connectivity index (χ1n) is 6.95. The molecule has 1 aromatic carbocycles. The first kappa shape index (κ1) is 13.6. The zero-order chi connectivity index (χ0) is 13.2. The largest absolute Gasteiger partial charge is 0.395 e. The lowest BCUT2D eigenvalue weighted by molar-refractivity contribution is 0.153. The van der Waals surface area contributed by atoms with Crippen LogP contribution in [-0.2, 0) is 12.0 Å². The Bertz CT molecular complexity index is 377. The first-order valence-corrected chi connectivity index (χ1v) is 6.95. The van der Waals surface area contributed by atoms with Crippen molar-refractivity contribution >= 4 is 0 Å². The van der Waals surface area contributed by atoms with Crippen LogP contribution in [0.3, 0.4) is 0 Å². The number of rotatable bonds is 3.